The van der Waals surface area contributed by atoms with E-state index < -0.39 is 0 Å². The molecular formula is C21H22N2O2S. The summed E-state index contributed by atoms with van der Waals surface area (Å²) in [5.41, 5.74) is 2.58. The van der Waals surface area contributed by atoms with Gasteiger partial charge in [0.15, 0.2) is 5.16 Å². The van der Waals surface area contributed by atoms with Gasteiger partial charge >= 0.3 is 0 Å². The third kappa shape index (κ3) is 5.23. The van der Waals surface area contributed by atoms with E-state index in [0.717, 1.165) is 34.7 Å². The molecule has 0 atom stereocenters. The van der Waals surface area contributed by atoms with Crippen molar-refractivity contribution in [1.82, 2.24) is 9.97 Å². The quantitative estimate of drug-likeness (QED) is 0.368. The number of thioether (sulfide) groups is 1. The van der Waals surface area contributed by atoms with E-state index in [1.54, 1.807) is 11.8 Å². The van der Waals surface area contributed by atoms with Gasteiger partial charge in [0.05, 0.1) is 6.61 Å². The molecule has 5 heteroatoms. The first-order valence-corrected chi connectivity index (χ1v) is 9.65. The third-order valence-corrected chi connectivity index (χ3v) is 4.92. The molecule has 2 aromatic carbocycles. The van der Waals surface area contributed by atoms with Crippen LogP contribution in [0, 0.1) is 6.92 Å². The van der Waals surface area contributed by atoms with Gasteiger partial charge in [0.1, 0.15) is 5.75 Å². The van der Waals surface area contributed by atoms with Crippen molar-refractivity contribution in [2.75, 3.05) is 12.4 Å². The van der Waals surface area contributed by atoms with Gasteiger partial charge in [-0.1, -0.05) is 60.3 Å². The lowest BCUT2D eigenvalue weighted by molar-refractivity contribution is 0.318. The molecule has 1 aromatic heterocycles. The highest BCUT2D eigenvalue weighted by Gasteiger charge is 2.09. The molecule has 0 aliphatic rings. The topological polar surface area (TPSA) is 55.0 Å². The number of nitrogens with zero attached hydrogens (tertiary/aromatic N) is 1. The predicted molar refractivity (Wildman–Crippen MR) is 106 cm³/mol. The van der Waals surface area contributed by atoms with Crippen LogP contribution in [0.5, 0.6) is 5.75 Å². The van der Waals surface area contributed by atoms with Crippen LogP contribution in [0.2, 0.25) is 0 Å². The second kappa shape index (κ2) is 9.25. The van der Waals surface area contributed by atoms with E-state index >= 15 is 0 Å². The lowest BCUT2D eigenvalue weighted by atomic mass is 10.1. The van der Waals surface area contributed by atoms with E-state index in [-0.39, 0.29) is 5.56 Å². The number of hydrogen-bond acceptors (Lipinski definition) is 4. The maximum absolute atomic E-state index is 12.4. The van der Waals surface area contributed by atoms with E-state index in [9.17, 15) is 4.79 Å². The van der Waals surface area contributed by atoms with Gasteiger partial charge in [-0.3, -0.25) is 4.79 Å². The number of nitrogens with one attached hydrogen (secondary N) is 1. The van der Waals surface area contributed by atoms with Crippen molar-refractivity contribution in [3.05, 3.63) is 87.8 Å². The van der Waals surface area contributed by atoms with Gasteiger partial charge in [0.2, 0.25) is 0 Å². The number of rotatable bonds is 8. The van der Waals surface area contributed by atoms with Crippen molar-refractivity contribution in [3.8, 4) is 5.75 Å². The molecule has 0 amide bonds. The molecular weight excluding hydrogens is 344 g/mol. The lowest BCUT2D eigenvalue weighted by Gasteiger charge is -2.08. The molecule has 0 radical (unpaired) electrons. The minimum atomic E-state index is -0.0515. The molecule has 3 aromatic rings. The Kier molecular flexibility index (Phi) is 6.50. The van der Waals surface area contributed by atoms with Crippen molar-refractivity contribution < 1.29 is 4.74 Å². The molecule has 0 aliphatic heterocycles. The van der Waals surface area contributed by atoms with E-state index in [4.69, 9.17) is 4.74 Å². The molecule has 0 unspecified atom stereocenters. The Bertz CT molecular complexity index is 880. The van der Waals surface area contributed by atoms with Crippen LogP contribution < -0.4 is 10.3 Å². The third-order valence-electron chi connectivity index (χ3n) is 3.96. The average Bonchev–Trinajstić information content (AvgIpc) is 2.66. The van der Waals surface area contributed by atoms with Crippen LogP contribution in [0.1, 0.15) is 23.2 Å². The average molecular weight is 366 g/mol. The van der Waals surface area contributed by atoms with Crippen LogP contribution in [0.3, 0.4) is 0 Å². The Balaban J connectivity index is 1.52. The van der Waals surface area contributed by atoms with Crippen molar-refractivity contribution in [2.45, 2.75) is 24.9 Å². The zero-order valence-corrected chi connectivity index (χ0v) is 15.6. The first-order valence-electron chi connectivity index (χ1n) is 8.67. The SMILES string of the molecule is Cc1nc(SCCCOc2ccccc2)[nH]c(=O)c1Cc1ccccc1. The fraction of sp³-hybridized carbons (Fsp3) is 0.238. The second-order valence-corrected chi connectivity index (χ2v) is 7.04. The van der Waals surface area contributed by atoms with Gasteiger partial charge in [0, 0.05) is 23.4 Å². The molecule has 1 heterocycles. The van der Waals surface area contributed by atoms with Crippen LogP contribution in [-0.2, 0) is 6.42 Å². The smallest absolute Gasteiger partial charge is 0.255 e. The maximum atomic E-state index is 12.4. The predicted octanol–water partition coefficient (Wildman–Crippen LogP) is 4.23. The normalized spacial score (nSPS) is 10.7. The maximum Gasteiger partial charge on any atom is 0.255 e. The molecule has 26 heavy (non-hydrogen) atoms. The molecule has 0 bridgehead atoms. The fourth-order valence-corrected chi connectivity index (χ4v) is 3.42. The standard InChI is InChI=1S/C21H22N2O2S/c1-16-19(15-17-9-4-2-5-10-17)20(24)23-21(22-16)26-14-8-13-25-18-11-6-3-7-12-18/h2-7,9-12H,8,13-15H2,1H3,(H,22,23,24). The van der Waals surface area contributed by atoms with Gasteiger partial charge < -0.3 is 9.72 Å². The summed E-state index contributed by atoms with van der Waals surface area (Å²) in [7, 11) is 0. The Morgan fingerprint density at radius 1 is 1.04 bits per heavy atom. The molecule has 0 spiro atoms. The number of aromatic amines is 1. The van der Waals surface area contributed by atoms with Crippen LogP contribution in [0.25, 0.3) is 0 Å². The Hall–Kier alpha value is -2.53. The largest absolute Gasteiger partial charge is 0.494 e. The number of aromatic nitrogens is 2. The Labute approximate surface area is 157 Å². The monoisotopic (exact) mass is 366 g/mol. The number of H-pyrrole nitrogens is 1. The van der Waals surface area contributed by atoms with Crippen LogP contribution >= 0.6 is 11.8 Å². The first-order chi connectivity index (χ1) is 12.7. The van der Waals surface area contributed by atoms with Crippen LogP contribution in [0.15, 0.2) is 70.6 Å². The molecule has 1 N–H and O–H groups in total. The molecule has 4 nitrogen and oxygen atoms in total. The van der Waals surface area contributed by atoms with Gasteiger partial charge in [0.25, 0.3) is 5.56 Å². The molecule has 0 aliphatic carbocycles. The highest BCUT2D eigenvalue weighted by atomic mass is 32.2. The summed E-state index contributed by atoms with van der Waals surface area (Å²) < 4.78 is 5.67. The summed E-state index contributed by atoms with van der Waals surface area (Å²) in [6.45, 7) is 2.54. The van der Waals surface area contributed by atoms with Crippen molar-refractivity contribution in [1.29, 1.82) is 0 Å². The Morgan fingerprint density at radius 2 is 1.73 bits per heavy atom. The summed E-state index contributed by atoms with van der Waals surface area (Å²) in [4.78, 5) is 19.9. The number of para-hydroxylation sites is 1. The first kappa shape index (κ1) is 18.3. The number of aryl methyl sites for hydroxylation is 1. The fourth-order valence-electron chi connectivity index (χ4n) is 2.60. The second-order valence-electron chi connectivity index (χ2n) is 5.96. The summed E-state index contributed by atoms with van der Waals surface area (Å²) in [5, 5.41) is 0.670. The molecule has 3 rings (SSSR count). The van der Waals surface area contributed by atoms with Crippen molar-refractivity contribution in [3.63, 3.8) is 0 Å². The van der Waals surface area contributed by atoms with Crippen molar-refractivity contribution in [2.24, 2.45) is 0 Å². The summed E-state index contributed by atoms with van der Waals surface area (Å²) >= 11 is 1.55. The molecule has 0 saturated heterocycles. The Morgan fingerprint density at radius 3 is 2.42 bits per heavy atom. The number of hydrogen-bond donors (Lipinski definition) is 1. The highest BCUT2D eigenvalue weighted by Crippen LogP contribution is 2.16. The van der Waals surface area contributed by atoms with Gasteiger partial charge in [-0.05, 0) is 31.0 Å². The summed E-state index contributed by atoms with van der Waals surface area (Å²) in [6.07, 6.45) is 1.49. The van der Waals surface area contributed by atoms with Crippen molar-refractivity contribution >= 4 is 11.8 Å². The zero-order chi connectivity index (χ0) is 18.2. The zero-order valence-electron chi connectivity index (χ0n) is 14.8. The summed E-state index contributed by atoms with van der Waals surface area (Å²) in [6, 6.07) is 19.7. The van der Waals surface area contributed by atoms with Gasteiger partial charge in [-0.2, -0.15) is 0 Å². The molecule has 134 valence electrons. The van der Waals surface area contributed by atoms with Crippen LogP contribution in [0.4, 0.5) is 0 Å². The van der Waals surface area contributed by atoms with Crippen LogP contribution in [-0.4, -0.2) is 22.3 Å². The molecule has 0 saturated carbocycles. The number of ether oxygens (including phenoxy) is 1. The minimum absolute atomic E-state index is 0.0515. The minimum Gasteiger partial charge on any atom is -0.494 e. The van der Waals surface area contributed by atoms with E-state index in [1.807, 2.05) is 67.6 Å². The van der Waals surface area contributed by atoms with E-state index in [0.29, 0.717) is 18.2 Å². The number of benzene rings is 2. The summed E-state index contributed by atoms with van der Waals surface area (Å²) in [5.74, 6) is 1.72. The molecule has 0 fully saturated rings. The van der Waals surface area contributed by atoms with E-state index in [2.05, 4.69) is 9.97 Å². The van der Waals surface area contributed by atoms with Gasteiger partial charge in [-0.25, -0.2) is 4.98 Å². The van der Waals surface area contributed by atoms with E-state index in [1.165, 1.54) is 0 Å². The lowest BCUT2D eigenvalue weighted by Crippen LogP contribution is -2.17. The highest BCUT2D eigenvalue weighted by molar-refractivity contribution is 7.99. The van der Waals surface area contributed by atoms with Gasteiger partial charge in [-0.15, -0.1) is 0 Å².